The molecule has 1 amide bonds. The van der Waals surface area contributed by atoms with Gasteiger partial charge in [-0.2, -0.15) is 5.10 Å². The first-order chi connectivity index (χ1) is 12.3. The Morgan fingerprint density at radius 1 is 1.19 bits per heavy atom. The molecular formula is C17H22N4O4S. The van der Waals surface area contributed by atoms with Gasteiger partial charge >= 0.3 is 0 Å². The maximum atomic E-state index is 12.5. The van der Waals surface area contributed by atoms with Gasteiger partial charge in [-0.3, -0.25) is 9.59 Å². The molecule has 9 heteroatoms. The first-order valence-corrected chi connectivity index (χ1v) is 9.62. The van der Waals surface area contributed by atoms with Gasteiger partial charge in [-0.15, -0.1) is 0 Å². The summed E-state index contributed by atoms with van der Waals surface area (Å²) < 4.78 is 27.3. The van der Waals surface area contributed by atoms with Crippen molar-refractivity contribution < 1.29 is 13.2 Å². The van der Waals surface area contributed by atoms with Gasteiger partial charge in [0.05, 0.1) is 4.90 Å². The van der Waals surface area contributed by atoms with Crippen molar-refractivity contribution in [1.82, 2.24) is 14.1 Å². The smallest absolute Gasteiger partial charge is 0.276 e. The molecule has 0 bridgehead atoms. The molecule has 1 aromatic heterocycles. The summed E-state index contributed by atoms with van der Waals surface area (Å²) in [5.41, 5.74) is 0.201. The number of benzene rings is 1. The summed E-state index contributed by atoms with van der Waals surface area (Å²) in [7, 11) is -0.549. The van der Waals surface area contributed by atoms with E-state index in [4.69, 9.17) is 0 Å². The summed E-state index contributed by atoms with van der Waals surface area (Å²) in [5.74, 6) is -0.490. The average molecular weight is 378 g/mol. The standard InChI is InChI=1S/C17H22N4O4S/c1-4-5-12-20(2)26(24,25)14-8-6-13(7-9-14)18-17(23)15-10-11-16(22)21(3)19-15/h6-11H,4-5,12H2,1-3H3,(H,18,23). The van der Waals surface area contributed by atoms with Crippen LogP contribution in [0.15, 0.2) is 46.1 Å². The van der Waals surface area contributed by atoms with Gasteiger partial charge in [0.2, 0.25) is 10.0 Å². The maximum absolute atomic E-state index is 12.5. The zero-order valence-electron chi connectivity index (χ0n) is 15.0. The molecule has 1 heterocycles. The van der Waals surface area contributed by atoms with Crippen LogP contribution in [-0.2, 0) is 17.1 Å². The van der Waals surface area contributed by atoms with Crippen molar-refractivity contribution in [3.8, 4) is 0 Å². The van der Waals surface area contributed by atoms with Crippen LogP contribution in [-0.4, -0.2) is 42.0 Å². The van der Waals surface area contributed by atoms with Gasteiger partial charge in [-0.05, 0) is 36.8 Å². The Balaban J connectivity index is 2.12. The Morgan fingerprint density at radius 3 is 2.42 bits per heavy atom. The second kappa shape index (κ2) is 8.24. The predicted octanol–water partition coefficient (Wildman–Crippen LogP) is 1.45. The van der Waals surface area contributed by atoms with Gasteiger partial charge in [0.15, 0.2) is 0 Å². The van der Waals surface area contributed by atoms with E-state index in [1.54, 1.807) is 7.05 Å². The van der Waals surface area contributed by atoms with Crippen molar-refractivity contribution in [1.29, 1.82) is 0 Å². The number of nitrogens with one attached hydrogen (secondary N) is 1. The lowest BCUT2D eigenvalue weighted by Gasteiger charge is -2.17. The van der Waals surface area contributed by atoms with Crippen molar-refractivity contribution in [2.75, 3.05) is 18.9 Å². The highest BCUT2D eigenvalue weighted by Crippen LogP contribution is 2.18. The molecule has 1 aromatic carbocycles. The third-order valence-corrected chi connectivity index (χ3v) is 5.71. The zero-order chi connectivity index (χ0) is 19.3. The molecule has 0 radical (unpaired) electrons. The number of rotatable bonds is 7. The topological polar surface area (TPSA) is 101 Å². The molecule has 0 atom stereocenters. The number of hydrogen-bond donors (Lipinski definition) is 1. The fraction of sp³-hybridized carbons (Fsp3) is 0.353. The van der Waals surface area contributed by atoms with E-state index >= 15 is 0 Å². The molecule has 0 unspecified atom stereocenters. The van der Waals surface area contributed by atoms with E-state index in [0.717, 1.165) is 17.5 Å². The van der Waals surface area contributed by atoms with Crippen LogP contribution < -0.4 is 10.9 Å². The van der Waals surface area contributed by atoms with E-state index in [-0.39, 0.29) is 16.1 Å². The molecule has 0 aliphatic heterocycles. The molecule has 0 fully saturated rings. The number of amides is 1. The van der Waals surface area contributed by atoms with Crippen LogP contribution in [0.5, 0.6) is 0 Å². The Bertz CT molecular complexity index is 936. The Morgan fingerprint density at radius 2 is 1.85 bits per heavy atom. The van der Waals surface area contributed by atoms with Gasteiger partial charge < -0.3 is 5.32 Å². The van der Waals surface area contributed by atoms with Gasteiger partial charge in [0.25, 0.3) is 11.5 Å². The highest BCUT2D eigenvalue weighted by atomic mass is 32.2. The summed E-state index contributed by atoms with van der Waals surface area (Å²) in [6.07, 6.45) is 1.69. The van der Waals surface area contributed by atoms with Crippen molar-refractivity contribution in [2.45, 2.75) is 24.7 Å². The van der Waals surface area contributed by atoms with Gasteiger partial charge in [0.1, 0.15) is 5.69 Å². The average Bonchev–Trinajstić information content (AvgIpc) is 2.62. The summed E-state index contributed by atoms with van der Waals surface area (Å²) >= 11 is 0. The third-order valence-electron chi connectivity index (χ3n) is 3.84. The lowest BCUT2D eigenvalue weighted by atomic mass is 10.3. The van der Waals surface area contributed by atoms with Crippen LogP contribution in [0.4, 0.5) is 5.69 Å². The van der Waals surface area contributed by atoms with E-state index in [1.807, 2.05) is 6.92 Å². The molecule has 140 valence electrons. The quantitative estimate of drug-likeness (QED) is 0.786. The van der Waals surface area contributed by atoms with Crippen LogP contribution in [0.25, 0.3) is 0 Å². The molecule has 2 aromatic rings. The number of carbonyl (C=O) groups excluding carboxylic acids is 1. The molecule has 1 N–H and O–H groups in total. The lowest BCUT2D eigenvalue weighted by molar-refractivity contribution is 0.102. The summed E-state index contributed by atoms with van der Waals surface area (Å²) in [6.45, 7) is 2.45. The van der Waals surface area contributed by atoms with Crippen LogP contribution in [0.3, 0.4) is 0 Å². The van der Waals surface area contributed by atoms with E-state index in [0.29, 0.717) is 12.2 Å². The minimum Gasteiger partial charge on any atom is -0.321 e. The van der Waals surface area contributed by atoms with Crippen LogP contribution >= 0.6 is 0 Å². The lowest BCUT2D eigenvalue weighted by Crippen LogP contribution is -2.28. The van der Waals surface area contributed by atoms with E-state index in [9.17, 15) is 18.0 Å². The summed E-state index contributed by atoms with van der Waals surface area (Å²) in [4.78, 5) is 23.6. The van der Waals surface area contributed by atoms with Crippen LogP contribution in [0.2, 0.25) is 0 Å². The molecule has 0 saturated carbocycles. The molecule has 0 aliphatic carbocycles. The van der Waals surface area contributed by atoms with Gasteiger partial charge in [-0.1, -0.05) is 13.3 Å². The number of hydrogen-bond acceptors (Lipinski definition) is 5. The van der Waals surface area contributed by atoms with Crippen molar-refractivity contribution in [3.05, 3.63) is 52.4 Å². The fourth-order valence-corrected chi connectivity index (χ4v) is 3.42. The zero-order valence-corrected chi connectivity index (χ0v) is 15.8. The van der Waals surface area contributed by atoms with E-state index in [1.165, 1.54) is 47.8 Å². The van der Waals surface area contributed by atoms with Gasteiger partial charge in [0, 0.05) is 32.4 Å². The second-order valence-electron chi connectivity index (χ2n) is 5.84. The number of aryl methyl sites for hydroxylation is 1. The fourth-order valence-electron chi connectivity index (χ4n) is 2.21. The Kier molecular flexibility index (Phi) is 6.27. The first kappa shape index (κ1) is 19.8. The number of carbonyl (C=O) groups is 1. The second-order valence-corrected chi connectivity index (χ2v) is 7.88. The summed E-state index contributed by atoms with van der Waals surface area (Å²) in [5, 5.41) is 6.49. The minimum absolute atomic E-state index is 0.0862. The largest absolute Gasteiger partial charge is 0.321 e. The van der Waals surface area contributed by atoms with E-state index < -0.39 is 15.9 Å². The predicted molar refractivity (Wildman–Crippen MR) is 98.6 cm³/mol. The van der Waals surface area contributed by atoms with Crippen LogP contribution in [0, 0.1) is 0 Å². The van der Waals surface area contributed by atoms with Crippen molar-refractivity contribution in [2.24, 2.45) is 7.05 Å². The number of unbranched alkanes of at least 4 members (excludes halogenated alkanes) is 1. The molecule has 2 rings (SSSR count). The highest BCUT2D eigenvalue weighted by molar-refractivity contribution is 7.89. The number of nitrogens with zero attached hydrogens (tertiary/aromatic N) is 3. The third kappa shape index (κ3) is 4.55. The molecule has 0 spiro atoms. The molecular weight excluding hydrogens is 356 g/mol. The minimum atomic E-state index is -3.55. The SMILES string of the molecule is CCCCN(C)S(=O)(=O)c1ccc(NC(=O)c2ccc(=O)n(C)n2)cc1. The molecule has 8 nitrogen and oxygen atoms in total. The first-order valence-electron chi connectivity index (χ1n) is 8.18. The Labute approximate surface area is 152 Å². The number of anilines is 1. The molecule has 26 heavy (non-hydrogen) atoms. The van der Waals surface area contributed by atoms with Gasteiger partial charge in [-0.25, -0.2) is 17.4 Å². The Hall–Kier alpha value is -2.52. The monoisotopic (exact) mass is 378 g/mol. The molecule has 0 saturated heterocycles. The van der Waals surface area contributed by atoms with Crippen LogP contribution in [0.1, 0.15) is 30.3 Å². The molecule has 0 aliphatic rings. The summed E-state index contributed by atoms with van der Waals surface area (Å²) in [6, 6.07) is 8.51. The van der Waals surface area contributed by atoms with E-state index in [2.05, 4.69) is 10.4 Å². The number of aromatic nitrogens is 2. The normalized spacial score (nSPS) is 11.5. The van der Waals surface area contributed by atoms with Crippen molar-refractivity contribution >= 4 is 21.6 Å². The maximum Gasteiger partial charge on any atom is 0.276 e. The highest BCUT2D eigenvalue weighted by Gasteiger charge is 2.20. The number of sulfonamides is 1. The van der Waals surface area contributed by atoms with Crippen molar-refractivity contribution in [3.63, 3.8) is 0 Å².